The van der Waals surface area contributed by atoms with Gasteiger partial charge in [-0.15, -0.1) is 0 Å². The van der Waals surface area contributed by atoms with Gasteiger partial charge in [0, 0.05) is 11.1 Å². The van der Waals surface area contributed by atoms with E-state index < -0.39 is 12.6 Å². The molecular formula is C39H32O6. The van der Waals surface area contributed by atoms with Gasteiger partial charge in [0.15, 0.2) is 18.2 Å². The van der Waals surface area contributed by atoms with Gasteiger partial charge in [-0.3, -0.25) is 9.59 Å². The minimum absolute atomic E-state index is 0.0375. The third-order valence-electron chi connectivity index (χ3n) is 7.36. The molecular weight excluding hydrogens is 564 g/mol. The quantitative estimate of drug-likeness (QED) is 0.146. The molecule has 0 amide bonds. The van der Waals surface area contributed by atoms with Crippen LogP contribution >= 0.6 is 0 Å². The van der Waals surface area contributed by atoms with E-state index in [0.29, 0.717) is 29.2 Å². The maximum atomic E-state index is 11.7. The summed E-state index contributed by atoms with van der Waals surface area (Å²) in [5.41, 5.74) is 8.51. The summed E-state index contributed by atoms with van der Waals surface area (Å²) in [5.74, 6) is 0.117. The molecule has 5 aromatic rings. The van der Waals surface area contributed by atoms with E-state index in [4.69, 9.17) is 14.6 Å². The number of Topliss-reactive ketones (excluding diaryl/α,β-unsaturated/α-hetero) is 2. The predicted molar refractivity (Wildman–Crippen MR) is 176 cm³/mol. The highest BCUT2D eigenvalue weighted by Gasteiger charge is 2.09. The molecule has 0 aliphatic carbocycles. The zero-order valence-electron chi connectivity index (χ0n) is 25.0. The molecule has 0 heterocycles. The maximum Gasteiger partial charge on any atom is 0.341 e. The summed E-state index contributed by atoms with van der Waals surface area (Å²) in [5, 5.41) is 8.81. The van der Waals surface area contributed by atoms with Crippen LogP contribution in [0.15, 0.2) is 127 Å². The topological polar surface area (TPSA) is 89.9 Å². The van der Waals surface area contributed by atoms with E-state index in [1.807, 2.05) is 54.6 Å². The Bertz CT molecular complexity index is 1710. The minimum atomic E-state index is -1.04. The second kappa shape index (κ2) is 14.1. The van der Waals surface area contributed by atoms with Gasteiger partial charge >= 0.3 is 5.97 Å². The third kappa shape index (κ3) is 8.00. The van der Waals surface area contributed by atoms with E-state index in [1.165, 1.54) is 0 Å². The molecule has 0 aliphatic rings. The second-order valence-corrected chi connectivity index (χ2v) is 10.5. The smallest absolute Gasteiger partial charge is 0.341 e. The Morgan fingerprint density at radius 3 is 1.18 bits per heavy atom. The van der Waals surface area contributed by atoms with Crippen LogP contribution in [0, 0.1) is 0 Å². The maximum absolute atomic E-state index is 11.7. The fraction of sp³-hybridized carbons (Fsp3) is 0.103. The highest BCUT2D eigenvalue weighted by atomic mass is 16.5. The molecule has 0 aromatic heterocycles. The summed E-state index contributed by atoms with van der Waals surface area (Å²) in [4.78, 5) is 34.1. The normalized spacial score (nSPS) is 10.5. The molecule has 224 valence electrons. The lowest BCUT2D eigenvalue weighted by atomic mass is 9.93. The number of carboxylic acid groups (broad SMARTS) is 1. The van der Waals surface area contributed by atoms with Gasteiger partial charge in [-0.05, 0) is 83.1 Å². The predicted octanol–water partition coefficient (Wildman–Crippen LogP) is 8.40. The van der Waals surface area contributed by atoms with Crippen LogP contribution in [0.5, 0.6) is 11.5 Å². The van der Waals surface area contributed by atoms with Crippen molar-refractivity contribution in [3.05, 3.63) is 150 Å². The Balaban J connectivity index is 1.39. The van der Waals surface area contributed by atoms with Crippen LogP contribution < -0.4 is 9.47 Å². The number of carbonyl (C=O) groups is 3. The average Bonchev–Trinajstić information content (AvgIpc) is 3.06. The van der Waals surface area contributed by atoms with Crippen molar-refractivity contribution >= 4 is 23.1 Å². The van der Waals surface area contributed by atoms with E-state index in [1.54, 1.807) is 38.1 Å². The standard InChI is InChI=1S/C39H32O6/c1-26(40)28-3-7-30(8-4-28)32-11-15-34(16-12-32)38(23-24-44-36-19-21-37(22-20-36)45-25-39(42)43)35-17-13-33(14-18-35)31-9-5-29(6-10-31)27(2)41/h3-23H,24-25H2,1-2H3,(H,42,43). The molecule has 0 unspecified atom stereocenters. The molecule has 1 N–H and O–H groups in total. The van der Waals surface area contributed by atoms with Gasteiger partial charge in [0.2, 0.25) is 0 Å². The highest BCUT2D eigenvalue weighted by Crippen LogP contribution is 2.30. The van der Waals surface area contributed by atoms with Crippen LogP contribution in [-0.2, 0) is 4.79 Å². The lowest BCUT2D eigenvalue weighted by molar-refractivity contribution is -0.139. The van der Waals surface area contributed by atoms with Crippen molar-refractivity contribution in [1.82, 2.24) is 0 Å². The number of benzene rings is 5. The Morgan fingerprint density at radius 1 is 0.511 bits per heavy atom. The average molecular weight is 597 g/mol. The van der Waals surface area contributed by atoms with Crippen LogP contribution in [0.3, 0.4) is 0 Å². The van der Waals surface area contributed by atoms with E-state index in [-0.39, 0.29) is 11.6 Å². The number of ketones is 2. The van der Waals surface area contributed by atoms with Crippen LogP contribution in [0.25, 0.3) is 27.8 Å². The Hall–Kier alpha value is -5.75. The largest absolute Gasteiger partial charge is 0.490 e. The molecule has 0 aliphatic heterocycles. The van der Waals surface area contributed by atoms with Crippen molar-refractivity contribution < 1.29 is 29.0 Å². The Morgan fingerprint density at radius 2 is 0.844 bits per heavy atom. The van der Waals surface area contributed by atoms with Gasteiger partial charge in [0.1, 0.15) is 18.1 Å². The van der Waals surface area contributed by atoms with Gasteiger partial charge < -0.3 is 14.6 Å². The van der Waals surface area contributed by atoms with Crippen LogP contribution in [-0.4, -0.2) is 35.9 Å². The van der Waals surface area contributed by atoms with E-state index >= 15 is 0 Å². The van der Waals surface area contributed by atoms with Crippen molar-refractivity contribution in [3.63, 3.8) is 0 Å². The molecule has 5 rings (SSSR count). The fourth-order valence-corrected chi connectivity index (χ4v) is 4.88. The Kier molecular flexibility index (Phi) is 9.65. The molecule has 0 atom stereocenters. The highest BCUT2D eigenvalue weighted by molar-refractivity contribution is 5.95. The molecule has 0 saturated heterocycles. The van der Waals surface area contributed by atoms with Gasteiger partial charge in [0.25, 0.3) is 0 Å². The first-order valence-electron chi connectivity index (χ1n) is 14.5. The number of hydrogen-bond donors (Lipinski definition) is 1. The van der Waals surface area contributed by atoms with Gasteiger partial charge in [-0.1, -0.05) is 97.1 Å². The minimum Gasteiger partial charge on any atom is -0.490 e. The van der Waals surface area contributed by atoms with E-state index in [2.05, 4.69) is 48.5 Å². The SMILES string of the molecule is CC(=O)c1ccc(-c2ccc(C(=CCOc3ccc(OCC(=O)O)cc3)c3ccc(-c4ccc(C(C)=O)cc4)cc3)cc2)cc1. The van der Waals surface area contributed by atoms with E-state index in [9.17, 15) is 14.4 Å². The molecule has 5 aromatic carbocycles. The van der Waals surface area contributed by atoms with Crippen LogP contribution in [0.1, 0.15) is 45.7 Å². The zero-order valence-corrected chi connectivity index (χ0v) is 25.0. The molecule has 6 nitrogen and oxygen atoms in total. The fourth-order valence-electron chi connectivity index (χ4n) is 4.88. The molecule has 0 saturated carbocycles. The van der Waals surface area contributed by atoms with Crippen molar-refractivity contribution in [1.29, 1.82) is 0 Å². The van der Waals surface area contributed by atoms with Crippen molar-refractivity contribution in [2.75, 3.05) is 13.2 Å². The number of carbonyl (C=O) groups excluding carboxylic acids is 2. The first-order valence-corrected chi connectivity index (χ1v) is 14.5. The molecule has 6 heteroatoms. The third-order valence-corrected chi connectivity index (χ3v) is 7.36. The molecule has 0 bridgehead atoms. The first-order chi connectivity index (χ1) is 21.8. The van der Waals surface area contributed by atoms with Crippen LogP contribution in [0.2, 0.25) is 0 Å². The molecule has 0 fully saturated rings. The number of carboxylic acids is 1. The number of hydrogen-bond acceptors (Lipinski definition) is 5. The summed E-state index contributed by atoms with van der Waals surface area (Å²) in [7, 11) is 0. The summed E-state index contributed by atoms with van der Waals surface area (Å²) in [6.45, 7) is 3.01. The van der Waals surface area contributed by atoms with Gasteiger partial charge in [0.05, 0.1) is 0 Å². The summed E-state index contributed by atoms with van der Waals surface area (Å²) >= 11 is 0. The van der Waals surface area contributed by atoms with Crippen molar-refractivity contribution in [3.8, 4) is 33.8 Å². The number of aliphatic carboxylic acids is 1. The zero-order chi connectivity index (χ0) is 31.8. The van der Waals surface area contributed by atoms with Crippen molar-refractivity contribution in [2.45, 2.75) is 13.8 Å². The summed E-state index contributed by atoms with van der Waals surface area (Å²) < 4.78 is 11.2. The lowest BCUT2D eigenvalue weighted by Crippen LogP contribution is -2.09. The molecule has 0 radical (unpaired) electrons. The summed E-state index contributed by atoms with van der Waals surface area (Å²) in [6, 6.07) is 38.5. The Labute approximate surface area is 262 Å². The second-order valence-electron chi connectivity index (χ2n) is 10.5. The van der Waals surface area contributed by atoms with Gasteiger partial charge in [-0.25, -0.2) is 4.79 Å². The van der Waals surface area contributed by atoms with Crippen LogP contribution in [0.4, 0.5) is 0 Å². The lowest BCUT2D eigenvalue weighted by Gasteiger charge is -2.13. The van der Waals surface area contributed by atoms with E-state index in [0.717, 1.165) is 39.0 Å². The number of ether oxygens (including phenoxy) is 2. The first kappa shape index (κ1) is 30.7. The monoisotopic (exact) mass is 596 g/mol. The van der Waals surface area contributed by atoms with Crippen molar-refractivity contribution in [2.24, 2.45) is 0 Å². The number of rotatable bonds is 12. The molecule has 45 heavy (non-hydrogen) atoms. The molecule has 0 spiro atoms. The van der Waals surface area contributed by atoms with Gasteiger partial charge in [-0.2, -0.15) is 0 Å². The summed E-state index contributed by atoms with van der Waals surface area (Å²) in [6.07, 6.45) is 2.03.